The molecule has 2 fully saturated rings. The summed E-state index contributed by atoms with van der Waals surface area (Å²) >= 11 is 0. The Bertz CT molecular complexity index is 487. The van der Waals surface area contributed by atoms with E-state index in [1.807, 2.05) is 12.1 Å². The fourth-order valence-corrected chi connectivity index (χ4v) is 3.32. The minimum atomic E-state index is -2.79. The molecule has 0 radical (unpaired) electrons. The summed E-state index contributed by atoms with van der Waals surface area (Å²) in [6.07, 6.45) is 2.27. The van der Waals surface area contributed by atoms with Gasteiger partial charge in [-0.3, -0.25) is 4.90 Å². The van der Waals surface area contributed by atoms with Crippen LogP contribution in [-0.2, 0) is 11.3 Å². The lowest BCUT2D eigenvalue weighted by Crippen LogP contribution is -2.43. The molecule has 1 atom stereocenters. The molecule has 0 aliphatic carbocycles. The number of alkyl halides is 2. The number of nitrogens with zero attached hydrogens (tertiary/aromatic N) is 1. The van der Waals surface area contributed by atoms with Crippen molar-refractivity contribution in [2.24, 2.45) is 0 Å². The number of aliphatic hydroxyl groups excluding tert-OH is 1. The molecule has 3 rings (SSSR count). The van der Waals surface area contributed by atoms with Crippen LogP contribution in [0.3, 0.4) is 0 Å². The number of hydrogen-bond donors (Lipinski definition) is 1. The van der Waals surface area contributed by atoms with Gasteiger partial charge >= 0.3 is 6.61 Å². The lowest BCUT2D eigenvalue weighted by Gasteiger charge is -2.38. The third-order valence-electron chi connectivity index (χ3n) is 4.51. The Balaban J connectivity index is 1.50. The van der Waals surface area contributed by atoms with Crippen LogP contribution in [0, 0.1) is 0 Å². The van der Waals surface area contributed by atoms with Crippen LogP contribution in [0.1, 0.15) is 24.8 Å². The van der Waals surface area contributed by atoms with Gasteiger partial charge in [0, 0.05) is 26.1 Å². The van der Waals surface area contributed by atoms with Crippen LogP contribution in [0.2, 0.25) is 0 Å². The third-order valence-corrected chi connectivity index (χ3v) is 4.51. The Hall–Kier alpha value is -1.24. The van der Waals surface area contributed by atoms with E-state index in [-0.39, 0.29) is 17.5 Å². The van der Waals surface area contributed by atoms with E-state index in [0.29, 0.717) is 6.61 Å². The Labute approximate surface area is 128 Å². The number of benzene rings is 1. The quantitative estimate of drug-likeness (QED) is 0.927. The van der Waals surface area contributed by atoms with Gasteiger partial charge in [-0.1, -0.05) is 12.1 Å². The molecule has 0 amide bonds. The average Bonchev–Trinajstić information content (AvgIpc) is 2.84. The van der Waals surface area contributed by atoms with Crippen LogP contribution in [0.5, 0.6) is 5.75 Å². The summed E-state index contributed by atoms with van der Waals surface area (Å²) in [5.74, 6) is 0.185. The summed E-state index contributed by atoms with van der Waals surface area (Å²) in [5.41, 5.74) is 0.940. The maximum absolute atomic E-state index is 12.1. The highest BCUT2D eigenvalue weighted by Gasteiger charge is 2.41. The predicted molar refractivity (Wildman–Crippen MR) is 76.9 cm³/mol. The van der Waals surface area contributed by atoms with Gasteiger partial charge in [-0.05, 0) is 30.5 Å². The van der Waals surface area contributed by atoms with Gasteiger partial charge in [0.25, 0.3) is 0 Å². The normalized spacial score (nSPS) is 25.0. The summed E-state index contributed by atoms with van der Waals surface area (Å²) in [6, 6.07) is 6.78. The number of ether oxygens (including phenoxy) is 2. The Kier molecular flexibility index (Phi) is 4.61. The molecule has 4 nitrogen and oxygen atoms in total. The summed E-state index contributed by atoms with van der Waals surface area (Å²) in [4.78, 5) is 2.32. The lowest BCUT2D eigenvalue weighted by molar-refractivity contribution is -0.0498. The van der Waals surface area contributed by atoms with Crippen LogP contribution in [0.4, 0.5) is 8.78 Å². The Morgan fingerprint density at radius 3 is 2.50 bits per heavy atom. The van der Waals surface area contributed by atoms with Crippen molar-refractivity contribution in [3.05, 3.63) is 29.8 Å². The third kappa shape index (κ3) is 3.74. The molecular formula is C16H21F2NO3. The van der Waals surface area contributed by atoms with Crippen LogP contribution >= 0.6 is 0 Å². The van der Waals surface area contributed by atoms with Crippen LogP contribution in [0.15, 0.2) is 24.3 Å². The standard InChI is InChI=1S/C16H21F2NO3/c17-15(18)22-14-3-1-12(2-4-14)10-19-7-5-16(6-8-19)9-13(20)11-21-16/h1-4,13,15,20H,5-11H2. The molecule has 0 bridgehead atoms. The first kappa shape index (κ1) is 15.6. The van der Waals surface area contributed by atoms with Crippen LogP contribution in [0.25, 0.3) is 0 Å². The van der Waals surface area contributed by atoms with Gasteiger partial charge in [-0.15, -0.1) is 0 Å². The number of halogens is 2. The van der Waals surface area contributed by atoms with Gasteiger partial charge in [-0.2, -0.15) is 8.78 Å². The molecule has 2 saturated heterocycles. The van der Waals surface area contributed by atoms with Crippen molar-refractivity contribution in [2.45, 2.75) is 44.1 Å². The molecule has 2 aliphatic heterocycles. The fraction of sp³-hybridized carbons (Fsp3) is 0.625. The molecule has 1 aromatic carbocycles. The van der Waals surface area contributed by atoms with E-state index >= 15 is 0 Å². The van der Waals surface area contributed by atoms with Gasteiger partial charge in [-0.25, -0.2) is 0 Å². The minimum Gasteiger partial charge on any atom is -0.435 e. The molecule has 1 spiro atoms. The molecular weight excluding hydrogens is 292 g/mol. The van der Waals surface area contributed by atoms with Crippen molar-refractivity contribution in [3.8, 4) is 5.75 Å². The van der Waals surface area contributed by atoms with Gasteiger partial charge in [0.05, 0.1) is 18.3 Å². The van der Waals surface area contributed by atoms with Crippen molar-refractivity contribution in [3.63, 3.8) is 0 Å². The zero-order valence-electron chi connectivity index (χ0n) is 12.4. The van der Waals surface area contributed by atoms with Crippen LogP contribution < -0.4 is 4.74 Å². The van der Waals surface area contributed by atoms with Crippen molar-refractivity contribution < 1.29 is 23.4 Å². The second-order valence-electron chi connectivity index (χ2n) is 6.15. The molecule has 122 valence electrons. The van der Waals surface area contributed by atoms with Gasteiger partial charge in [0.2, 0.25) is 0 Å². The zero-order valence-corrected chi connectivity index (χ0v) is 12.4. The van der Waals surface area contributed by atoms with Crippen LogP contribution in [-0.4, -0.2) is 48.0 Å². The zero-order chi connectivity index (χ0) is 15.6. The van der Waals surface area contributed by atoms with Crippen molar-refractivity contribution in [1.29, 1.82) is 0 Å². The Morgan fingerprint density at radius 2 is 1.95 bits per heavy atom. The molecule has 0 aromatic heterocycles. The largest absolute Gasteiger partial charge is 0.435 e. The summed E-state index contributed by atoms with van der Waals surface area (Å²) < 4.78 is 34.3. The molecule has 1 unspecified atom stereocenters. The van der Waals surface area contributed by atoms with E-state index in [2.05, 4.69) is 9.64 Å². The van der Waals surface area contributed by atoms with E-state index in [0.717, 1.165) is 44.5 Å². The molecule has 1 N–H and O–H groups in total. The minimum absolute atomic E-state index is 0.134. The maximum atomic E-state index is 12.1. The monoisotopic (exact) mass is 313 g/mol. The average molecular weight is 313 g/mol. The highest BCUT2D eigenvalue weighted by atomic mass is 19.3. The highest BCUT2D eigenvalue weighted by Crippen LogP contribution is 2.36. The molecule has 1 aromatic rings. The second-order valence-corrected chi connectivity index (χ2v) is 6.15. The van der Waals surface area contributed by atoms with E-state index < -0.39 is 6.61 Å². The first-order valence-electron chi connectivity index (χ1n) is 7.63. The van der Waals surface area contributed by atoms with E-state index in [9.17, 15) is 13.9 Å². The fourth-order valence-electron chi connectivity index (χ4n) is 3.32. The molecule has 6 heteroatoms. The molecule has 22 heavy (non-hydrogen) atoms. The number of aliphatic hydroxyl groups is 1. The molecule has 2 aliphatic rings. The Morgan fingerprint density at radius 1 is 1.27 bits per heavy atom. The number of likely N-dealkylation sites (tertiary alicyclic amines) is 1. The van der Waals surface area contributed by atoms with Gasteiger partial charge in [0.1, 0.15) is 5.75 Å². The number of piperidine rings is 1. The second kappa shape index (κ2) is 6.48. The van der Waals surface area contributed by atoms with E-state index in [1.165, 1.54) is 0 Å². The van der Waals surface area contributed by atoms with Crippen molar-refractivity contribution in [1.82, 2.24) is 4.90 Å². The van der Waals surface area contributed by atoms with Crippen molar-refractivity contribution in [2.75, 3.05) is 19.7 Å². The van der Waals surface area contributed by atoms with Gasteiger partial charge in [0.15, 0.2) is 0 Å². The molecule has 2 heterocycles. The predicted octanol–water partition coefficient (Wildman–Crippen LogP) is 2.40. The topological polar surface area (TPSA) is 41.9 Å². The number of rotatable bonds is 4. The van der Waals surface area contributed by atoms with Crippen molar-refractivity contribution >= 4 is 0 Å². The summed E-state index contributed by atoms with van der Waals surface area (Å²) in [7, 11) is 0. The first-order chi connectivity index (χ1) is 10.5. The smallest absolute Gasteiger partial charge is 0.387 e. The van der Waals surface area contributed by atoms with Gasteiger partial charge < -0.3 is 14.6 Å². The first-order valence-corrected chi connectivity index (χ1v) is 7.63. The SMILES string of the molecule is OC1COC2(CCN(Cc3ccc(OC(F)F)cc3)CC2)C1. The number of hydrogen-bond acceptors (Lipinski definition) is 4. The lowest BCUT2D eigenvalue weighted by atomic mass is 9.88. The summed E-state index contributed by atoms with van der Waals surface area (Å²) in [6.45, 7) is 0.286. The molecule has 0 saturated carbocycles. The highest BCUT2D eigenvalue weighted by molar-refractivity contribution is 5.27. The summed E-state index contributed by atoms with van der Waals surface area (Å²) in [5, 5.41) is 9.63. The van der Waals surface area contributed by atoms with E-state index in [4.69, 9.17) is 4.74 Å². The van der Waals surface area contributed by atoms with E-state index in [1.54, 1.807) is 12.1 Å². The maximum Gasteiger partial charge on any atom is 0.387 e.